The second-order valence-electron chi connectivity index (χ2n) is 4.23. The zero-order chi connectivity index (χ0) is 12.6. The molecule has 0 fully saturated rings. The molecule has 3 nitrogen and oxygen atoms in total. The van der Waals surface area contributed by atoms with E-state index in [-0.39, 0.29) is 6.04 Å². The van der Waals surface area contributed by atoms with Crippen molar-refractivity contribution in [2.75, 3.05) is 19.0 Å². The first-order valence-electron chi connectivity index (χ1n) is 6.08. The van der Waals surface area contributed by atoms with Crippen LogP contribution in [0.3, 0.4) is 0 Å². The van der Waals surface area contributed by atoms with Crippen molar-refractivity contribution < 1.29 is 4.74 Å². The highest BCUT2D eigenvalue weighted by Crippen LogP contribution is 2.10. The van der Waals surface area contributed by atoms with Crippen molar-refractivity contribution in [2.24, 2.45) is 0 Å². The molecular formula is C15H18N2O. The van der Waals surface area contributed by atoms with Gasteiger partial charge in [0, 0.05) is 19.5 Å². The van der Waals surface area contributed by atoms with Crippen LogP contribution in [0.25, 0.3) is 0 Å². The minimum Gasteiger partial charge on any atom is -0.383 e. The van der Waals surface area contributed by atoms with Crippen LogP contribution in [0.5, 0.6) is 0 Å². The molecule has 3 heteroatoms. The Morgan fingerprint density at radius 3 is 2.67 bits per heavy atom. The zero-order valence-electron chi connectivity index (χ0n) is 10.5. The summed E-state index contributed by atoms with van der Waals surface area (Å²) in [5.41, 5.74) is 2.33. The van der Waals surface area contributed by atoms with Gasteiger partial charge < -0.3 is 10.1 Å². The van der Waals surface area contributed by atoms with Crippen LogP contribution in [0.1, 0.15) is 5.56 Å². The second kappa shape index (κ2) is 6.77. The Bertz CT molecular complexity index is 403. The average Bonchev–Trinajstić information content (AvgIpc) is 2.41. The molecule has 2 aromatic rings. The van der Waals surface area contributed by atoms with Gasteiger partial charge in [-0.05, 0) is 24.1 Å². The molecule has 1 aromatic carbocycles. The highest BCUT2D eigenvalue weighted by Gasteiger charge is 2.09. The molecule has 0 radical (unpaired) electrons. The molecule has 0 aliphatic heterocycles. The van der Waals surface area contributed by atoms with Crippen LogP contribution in [0.2, 0.25) is 0 Å². The van der Waals surface area contributed by atoms with E-state index < -0.39 is 0 Å². The number of hydrogen-bond acceptors (Lipinski definition) is 3. The van der Waals surface area contributed by atoms with Crippen LogP contribution in [-0.4, -0.2) is 24.7 Å². The first kappa shape index (κ1) is 12.6. The molecule has 94 valence electrons. The minimum atomic E-state index is 0.251. The molecule has 0 aliphatic rings. The van der Waals surface area contributed by atoms with Crippen LogP contribution in [0.15, 0.2) is 54.9 Å². The molecule has 1 unspecified atom stereocenters. The topological polar surface area (TPSA) is 34.1 Å². The highest BCUT2D eigenvalue weighted by atomic mass is 16.5. The second-order valence-corrected chi connectivity index (χ2v) is 4.23. The number of pyridine rings is 1. The summed E-state index contributed by atoms with van der Waals surface area (Å²) in [4.78, 5) is 4.10. The lowest BCUT2D eigenvalue weighted by atomic mass is 10.1. The van der Waals surface area contributed by atoms with Crippen LogP contribution in [0.4, 0.5) is 5.69 Å². The average molecular weight is 242 g/mol. The molecule has 0 amide bonds. The van der Waals surface area contributed by atoms with Gasteiger partial charge in [0.2, 0.25) is 0 Å². The van der Waals surface area contributed by atoms with E-state index in [1.165, 1.54) is 5.56 Å². The van der Waals surface area contributed by atoms with E-state index in [0.29, 0.717) is 6.61 Å². The van der Waals surface area contributed by atoms with Gasteiger partial charge in [0.15, 0.2) is 0 Å². The Labute approximate surface area is 108 Å². The van der Waals surface area contributed by atoms with Crippen molar-refractivity contribution in [3.05, 3.63) is 60.4 Å². The SMILES string of the molecule is COCC(Cc1ccccc1)Nc1cccnc1. The third-order valence-corrected chi connectivity index (χ3v) is 2.73. The van der Waals surface area contributed by atoms with Crippen LogP contribution in [0, 0.1) is 0 Å². The minimum absolute atomic E-state index is 0.251. The summed E-state index contributed by atoms with van der Waals surface area (Å²) >= 11 is 0. The number of ether oxygens (including phenoxy) is 1. The van der Waals surface area contributed by atoms with Gasteiger partial charge in [0.25, 0.3) is 0 Å². The summed E-state index contributed by atoms with van der Waals surface area (Å²) in [6, 6.07) is 14.6. The molecule has 2 rings (SSSR count). The van der Waals surface area contributed by atoms with Crippen molar-refractivity contribution in [3.8, 4) is 0 Å². The van der Waals surface area contributed by atoms with Gasteiger partial charge in [0.1, 0.15) is 0 Å². The maximum atomic E-state index is 5.27. The van der Waals surface area contributed by atoms with Crippen molar-refractivity contribution in [1.82, 2.24) is 4.98 Å². The number of aromatic nitrogens is 1. The molecule has 1 heterocycles. The van der Waals surface area contributed by atoms with Crippen molar-refractivity contribution in [1.29, 1.82) is 0 Å². The molecule has 0 bridgehead atoms. The number of anilines is 1. The monoisotopic (exact) mass is 242 g/mol. The van der Waals surface area contributed by atoms with Crippen molar-refractivity contribution >= 4 is 5.69 Å². The quantitative estimate of drug-likeness (QED) is 0.845. The maximum absolute atomic E-state index is 5.27. The summed E-state index contributed by atoms with van der Waals surface area (Å²) in [6.45, 7) is 0.670. The van der Waals surface area contributed by atoms with E-state index in [1.54, 1.807) is 13.3 Å². The van der Waals surface area contributed by atoms with Crippen molar-refractivity contribution in [2.45, 2.75) is 12.5 Å². The Balaban J connectivity index is 2.00. The van der Waals surface area contributed by atoms with E-state index >= 15 is 0 Å². The molecule has 18 heavy (non-hydrogen) atoms. The molecule has 1 atom stereocenters. The largest absolute Gasteiger partial charge is 0.383 e. The lowest BCUT2D eigenvalue weighted by Crippen LogP contribution is -2.27. The van der Waals surface area contributed by atoms with Crippen LogP contribution >= 0.6 is 0 Å². The van der Waals surface area contributed by atoms with Gasteiger partial charge in [-0.3, -0.25) is 4.98 Å². The van der Waals surface area contributed by atoms with Crippen molar-refractivity contribution in [3.63, 3.8) is 0 Å². The highest BCUT2D eigenvalue weighted by molar-refractivity contribution is 5.41. The van der Waals surface area contributed by atoms with E-state index in [9.17, 15) is 0 Å². The summed E-state index contributed by atoms with van der Waals surface area (Å²) in [5.74, 6) is 0. The zero-order valence-corrected chi connectivity index (χ0v) is 10.5. The van der Waals surface area contributed by atoms with Gasteiger partial charge in [-0.1, -0.05) is 30.3 Å². The molecule has 0 saturated carbocycles. The first-order chi connectivity index (χ1) is 8.88. The Morgan fingerprint density at radius 2 is 2.00 bits per heavy atom. The number of rotatable bonds is 6. The Kier molecular flexibility index (Phi) is 4.73. The predicted octanol–water partition coefficient (Wildman–Crippen LogP) is 2.75. The van der Waals surface area contributed by atoms with E-state index in [1.807, 2.05) is 24.4 Å². The molecular weight excluding hydrogens is 224 g/mol. The maximum Gasteiger partial charge on any atom is 0.0667 e. The lowest BCUT2D eigenvalue weighted by molar-refractivity contribution is 0.185. The fourth-order valence-corrected chi connectivity index (χ4v) is 1.94. The summed E-state index contributed by atoms with van der Waals surface area (Å²) in [5, 5.41) is 3.44. The summed E-state index contributed by atoms with van der Waals surface area (Å²) in [7, 11) is 1.73. The molecule has 1 aromatic heterocycles. The molecule has 0 aliphatic carbocycles. The van der Waals surface area contributed by atoms with E-state index in [0.717, 1.165) is 12.1 Å². The summed E-state index contributed by atoms with van der Waals surface area (Å²) < 4.78 is 5.27. The van der Waals surface area contributed by atoms with Gasteiger partial charge in [-0.25, -0.2) is 0 Å². The third kappa shape index (κ3) is 3.86. The fourth-order valence-electron chi connectivity index (χ4n) is 1.94. The van der Waals surface area contributed by atoms with Gasteiger partial charge in [-0.15, -0.1) is 0 Å². The standard InChI is InChI=1S/C15H18N2O/c1-18-12-15(10-13-6-3-2-4-7-13)17-14-8-5-9-16-11-14/h2-9,11,15,17H,10,12H2,1H3. The number of hydrogen-bond donors (Lipinski definition) is 1. The number of nitrogens with zero attached hydrogens (tertiary/aromatic N) is 1. The molecule has 1 N–H and O–H groups in total. The van der Waals surface area contributed by atoms with Crippen LogP contribution < -0.4 is 5.32 Å². The van der Waals surface area contributed by atoms with Gasteiger partial charge >= 0.3 is 0 Å². The Morgan fingerprint density at radius 1 is 1.17 bits per heavy atom. The van der Waals surface area contributed by atoms with E-state index in [4.69, 9.17) is 4.74 Å². The smallest absolute Gasteiger partial charge is 0.0667 e. The summed E-state index contributed by atoms with van der Waals surface area (Å²) in [6.07, 6.45) is 4.53. The molecule has 0 spiro atoms. The van der Waals surface area contributed by atoms with Crippen LogP contribution in [-0.2, 0) is 11.2 Å². The first-order valence-corrected chi connectivity index (χ1v) is 6.08. The van der Waals surface area contributed by atoms with Gasteiger partial charge in [-0.2, -0.15) is 0 Å². The number of methoxy groups -OCH3 is 1. The third-order valence-electron chi connectivity index (χ3n) is 2.73. The number of nitrogens with one attached hydrogen (secondary N) is 1. The normalized spacial score (nSPS) is 12.1. The Hall–Kier alpha value is -1.87. The van der Waals surface area contributed by atoms with Gasteiger partial charge in [0.05, 0.1) is 18.3 Å². The van der Waals surface area contributed by atoms with E-state index in [2.05, 4.69) is 34.6 Å². The number of benzene rings is 1. The lowest BCUT2D eigenvalue weighted by Gasteiger charge is -2.19. The molecule has 0 saturated heterocycles. The predicted molar refractivity (Wildman–Crippen MR) is 73.7 cm³/mol. The fraction of sp³-hybridized carbons (Fsp3) is 0.267.